The van der Waals surface area contributed by atoms with Crippen LogP contribution in [0.1, 0.15) is 12.6 Å². The molecular formula is C14H17FN4O. The van der Waals surface area contributed by atoms with Crippen molar-refractivity contribution >= 4 is 5.82 Å². The standard InChI is InChI=1S/C14H17FN4O/c1-11-7-18(8-12-9-20-10-16-12)5-6-19(11)14-4-2-3-13(15)17-14/h2-4,9-11H,5-8H2,1H3. The minimum Gasteiger partial charge on any atom is -0.451 e. The normalized spacial score (nSPS) is 20.3. The largest absolute Gasteiger partial charge is 0.451 e. The summed E-state index contributed by atoms with van der Waals surface area (Å²) in [5, 5.41) is 0. The molecule has 106 valence electrons. The van der Waals surface area contributed by atoms with Crippen molar-refractivity contribution in [3.05, 3.63) is 42.5 Å². The van der Waals surface area contributed by atoms with Crippen molar-refractivity contribution < 1.29 is 8.81 Å². The van der Waals surface area contributed by atoms with E-state index in [0.29, 0.717) is 5.82 Å². The average molecular weight is 276 g/mol. The minimum absolute atomic E-state index is 0.282. The predicted octanol–water partition coefficient (Wildman–Crippen LogP) is 1.92. The number of halogens is 1. The maximum absolute atomic E-state index is 13.2. The van der Waals surface area contributed by atoms with Crippen molar-refractivity contribution in [3.63, 3.8) is 0 Å². The molecule has 0 spiro atoms. The zero-order valence-electron chi connectivity index (χ0n) is 11.4. The highest BCUT2D eigenvalue weighted by molar-refractivity contribution is 5.40. The van der Waals surface area contributed by atoms with E-state index >= 15 is 0 Å². The lowest BCUT2D eigenvalue weighted by Crippen LogP contribution is -2.52. The lowest BCUT2D eigenvalue weighted by molar-refractivity contribution is 0.217. The van der Waals surface area contributed by atoms with Gasteiger partial charge in [0.15, 0.2) is 6.39 Å². The van der Waals surface area contributed by atoms with Gasteiger partial charge in [-0.2, -0.15) is 4.39 Å². The van der Waals surface area contributed by atoms with E-state index in [1.165, 1.54) is 12.5 Å². The van der Waals surface area contributed by atoms with Gasteiger partial charge in [-0.1, -0.05) is 6.07 Å². The highest BCUT2D eigenvalue weighted by Crippen LogP contribution is 2.19. The molecule has 1 aliphatic heterocycles. The van der Waals surface area contributed by atoms with Crippen molar-refractivity contribution in [3.8, 4) is 0 Å². The molecule has 1 unspecified atom stereocenters. The summed E-state index contributed by atoms with van der Waals surface area (Å²) >= 11 is 0. The Morgan fingerprint density at radius 3 is 3.00 bits per heavy atom. The zero-order valence-corrected chi connectivity index (χ0v) is 11.4. The van der Waals surface area contributed by atoms with Crippen LogP contribution in [0.15, 0.2) is 35.3 Å². The number of aromatic nitrogens is 2. The van der Waals surface area contributed by atoms with Crippen LogP contribution in [0.25, 0.3) is 0 Å². The maximum Gasteiger partial charge on any atom is 0.214 e. The second-order valence-electron chi connectivity index (χ2n) is 5.08. The van der Waals surface area contributed by atoms with Gasteiger partial charge in [-0.25, -0.2) is 9.97 Å². The van der Waals surface area contributed by atoms with Crippen LogP contribution in [-0.4, -0.2) is 40.5 Å². The topological polar surface area (TPSA) is 45.4 Å². The number of hydrogen-bond acceptors (Lipinski definition) is 5. The molecule has 0 aromatic carbocycles. The van der Waals surface area contributed by atoms with E-state index in [1.54, 1.807) is 12.3 Å². The first kappa shape index (κ1) is 13.1. The van der Waals surface area contributed by atoms with E-state index in [9.17, 15) is 4.39 Å². The molecule has 0 amide bonds. The number of oxazole rings is 1. The zero-order chi connectivity index (χ0) is 13.9. The fraction of sp³-hybridized carbons (Fsp3) is 0.429. The highest BCUT2D eigenvalue weighted by atomic mass is 19.1. The van der Waals surface area contributed by atoms with Gasteiger partial charge in [0.05, 0.1) is 5.69 Å². The van der Waals surface area contributed by atoms with Gasteiger partial charge in [0.2, 0.25) is 5.95 Å². The SMILES string of the molecule is CC1CN(Cc2cocn2)CCN1c1cccc(F)n1. The number of nitrogens with zero attached hydrogens (tertiary/aromatic N) is 4. The molecule has 0 radical (unpaired) electrons. The first-order chi connectivity index (χ1) is 9.72. The molecule has 5 nitrogen and oxygen atoms in total. The average Bonchev–Trinajstić information content (AvgIpc) is 2.92. The van der Waals surface area contributed by atoms with Crippen LogP contribution in [0.3, 0.4) is 0 Å². The number of hydrogen-bond donors (Lipinski definition) is 0. The van der Waals surface area contributed by atoms with E-state index in [-0.39, 0.29) is 6.04 Å². The molecule has 3 heterocycles. The van der Waals surface area contributed by atoms with Crippen LogP contribution in [0.4, 0.5) is 10.2 Å². The number of pyridine rings is 1. The fourth-order valence-corrected chi connectivity index (χ4v) is 2.62. The number of rotatable bonds is 3. The summed E-state index contributed by atoms with van der Waals surface area (Å²) in [5.74, 6) is 0.276. The smallest absolute Gasteiger partial charge is 0.214 e. The summed E-state index contributed by atoms with van der Waals surface area (Å²) in [6.07, 6.45) is 3.12. The van der Waals surface area contributed by atoms with Gasteiger partial charge in [-0.3, -0.25) is 4.90 Å². The summed E-state index contributed by atoms with van der Waals surface area (Å²) < 4.78 is 18.2. The monoisotopic (exact) mass is 276 g/mol. The Bertz CT molecular complexity index is 560. The van der Waals surface area contributed by atoms with Crippen molar-refractivity contribution in [1.29, 1.82) is 0 Å². The molecule has 3 rings (SSSR count). The molecule has 1 fully saturated rings. The Morgan fingerprint density at radius 1 is 1.40 bits per heavy atom. The van der Waals surface area contributed by atoms with Gasteiger partial charge in [-0.15, -0.1) is 0 Å². The van der Waals surface area contributed by atoms with E-state index in [2.05, 4.69) is 26.7 Å². The van der Waals surface area contributed by atoms with Crippen LogP contribution in [-0.2, 0) is 6.54 Å². The minimum atomic E-state index is -0.431. The maximum atomic E-state index is 13.2. The van der Waals surface area contributed by atoms with Gasteiger partial charge >= 0.3 is 0 Å². The summed E-state index contributed by atoms with van der Waals surface area (Å²) in [7, 11) is 0. The molecule has 2 aromatic heterocycles. The van der Waals surface area contributed by atoms with Crippen molar-refractivity contribution in [2.24, 2.45) is 0 Å². The molecule has 0 saturated carbocycles. The van der Waals surface area contributed by atoms with E-state index in [4.69, 9.17) is 4.42 Å². The summed E-state index contributed by atoms with van der Waals surface area (Å²) in [4.78, 5) is 12.6. The van der Waals surface area contributed by atoms with Crippen molar-refractivity contribution in [1.82, 2.24) is 14.9 Å². The third-order valence-corrected chi connectivity index (χ3v) is 3.58. The van der Waals surface area contributed by atoms with E-state index < -0.39 is 5.95 Å². The second kappa shape index (κ2) is 5.58. The van der Waals surface area contributed by atoms with Crippen LogP contribution in [0.2, 0.25) is 0 Å². The number of piperazine rings is 1. The molecule has 6 heteroatoms. The van der Waals surface area contributed by atoms with Crippen LogP contribution >= 0.6 is 0 Å². The Hall–Kier alpha value is -1.95. The molecule has 0 bridgehead atoms. The third-order valence-electron chi connectivity index (χ3n) is 3.58. The summed E-state index contributed by atoms with van der Waals surface area (Å²) in [5.41, 5.74) is 0.939. The van der Waals surface area contributed by atoms with E-state index in [1.807, 2.05) is 6.07 Å². The summed E-state index contributed by atoms with van der Waals surface area (Å²) in [6, 6.07) is 5.21. The Balaban J connectivity index is 1.65. The van der Waals surface area contributed by atoms with Crippen LogP contribution in [0.5, 0.6) is 0 Å². The quantitative estimate of drug-likeness (QED) is 0.801. The predicted molar refractivity (Wildman–Crippen MR) is 72.8 cm³/mol. The van der Waals surface area contributed by atoms with Gasteiger partial charge in [-0.05, 0) is 19.1 Å². The van der Waals surface area contributed by atoms with Crippen molar-refractivity contribution in [2.45, 2.75) is 19.5 Å². The molecule has 1 aliphatic rings. The van der Waals surface area contributed by atoms with Crippen molar-refractivity contribution in [2.75, 3.05) is 24.5 Å². The summed E-state index contributed by atoms with van der Waals surface area (Å²) in [6.45, 7) is 5.53. The Morgan fingerprint density at radius 2 is 2.30 bits per heavy atom. The van der Waals surface area contributed by atoms with E-state index in [0.717, 1.165) is 31.9 Å². The number of anilines is 1. The first-order valence-electron chi connectivity index (χ1n) is 6.71. The third kappa shape index (κ3) is 2.80. The molecular weight excluding hydrogens is 259 g/mol. The first-order valence-corrected chi connectivity index (χ1v) is 6.71. The molecule has 0 N–H and O–H groups in total. The van der Waals surface area contributed by atoms with Gasteiger partial charge < -0.3 is 9.32 Å². The van der Waals surface area contributed by atoms with Gasteiger partial charge in [0, 0.05) is 32.2 Å². The lowest BCUT2D eigenvalue weighted by atomic mass is 10.2. The van der Waals surface area contributed by atoms with Crippen LogP contribution in [0, 0.1) is 5.95 Å². The second-order valence-corrected chi connectivity index (χ2v) is 5.08. The van der Waals surface area contributed by atoms with Gasteiger partial charge in [0.25, 0.3) is 0 Å². The molecule has 0 aliphatic carbocycles. The lowest BCUT2D eigenvalue weighted by Gasteiger charge is -2.40. The highest BCUT2D eigenvalue weighted by Gasteiger charge is 2.25. The molecule has 1 saturated heterocycles. The van der Waals surface area contributed by atoms with Crippen LogP contribution < -0.4 is 4.90 Å². The molecule has 2 aromatic rings. The molecule has 1 atom stereocenters. The fourth-order valence-electron chi connectivity index (χ4n) is 2.62. The Kier molecular flexibility index (Phi) is 3.64. The van der Waals surface area contributed by atoms with Gasteiger partial charge in [0.1, 0.15) is 12.1 Å². The Labute approximate surface area is 117 Å². The molecule has 20 heavy (non-hydrogen) atoms.